The molecular formula is C20H34O. The third-order valence-electron chi connectivity index (χ3n) is 7.20. The fourth-order valence-corrected chi connectivity index (χ4v) is 5.46. The van der Waals surface area contributed by atoms with E-state index in [1.54, 1.807) is 5.57 Å². The van der Waals surface area contributed by atoms with E-state index in [4.69, 9.17) is 4.74 Å². The van der Waals surface area contributed by atoms with E-state index >= 15 is 0 Å². The fraction of sp³-hybridized carbons (Fsp3) is 0.900. The second kappa shape index (κ2) is 5.32. The maximum absolute atomic E-state index is 6.60. The summed E-state index contributed by atoms with van der Waals surface area (Å²) in [7, 11) is 0. The van der Waals surface area contributed by atoms with Crippen molar-refractivity contribution in [3.8, 4) is 0 Å². The zero-order valence-electron chi connectivity index (χ0n) is 14.8. The van der Waals surface area contributed by atoms with Gasteiger partial charge in [0.15, 0.2) is 0 Å². The van der Waals surface area contributed by atoms with Gasteiger partial charge < -0.3 is 4.74 Å². The van der Waals surface area contributed by atoms with Gasteiger partial charge in [-0.25, -0.2) is 0 Å². The highest BCUT2D eigenvalue weighted by atomic mass is 16.5. The maximum atomic E-state index is 6.60. The van der Waals surface area contributed by atoms with Gasteiger partial charge in [0.2, 0.25) is 0 Å². The van der Waals surface area contributed by atoms with Crippen LogP contribution in [-0.2, 0) is 4.74 Å². The molecule has 2 fully saturated rings. The van der Waals surface area contributed by atoms with Crippen LogP contribution in [0.25, 0.3) is 0 Å². The van der Waals surface area contributed by atoms with Crippen LogP contribution in [0.3, 0.4) is 0 Å². The predicted octanol–water partition coefficient (Wildman–Crippen LogP) is 6.09. The Morgan fingerprint density at radius 3 is 2.24 bits per heavy atom. The standard InChI is InChI=1S/C20H34O/c1-14-19(2,3)16-12-9-13-17(18(16)20(14,4)5)21-15-10-7-6-8-11-15/h14-16H,6-13H2,1-5H3. The Bertz CT molecular complexity index is 423. The second-order valence-corrected chi connectivity index (χ2v) is 8.92. The smallest absolute Gasteiger partial charge is 0.0982 e. The van der Waals surface area contributed by atoms with Crippen molar-refractivity contribution in [2.45, 2.75) is 92.1 Å². The van der Waals surface area contributed by atoms with Crippen molar-refractivity contribution < 1.29 is 4.74 Å². The monoisotopic (exact) mass is 290 g/mol. The zero-order valence-corrected chi connectivity index (χ0v) is 14.8. The molecule has 1 nitrogen and oxygen atoms in total. The molecule has 0 aromatic heterocycles. The Balaban J connectivity index is 1.92. The number of rotatable bonds is 2. The normalized spacial score (nSPS) is 35.7. The SMILES string of the molecule is CC1C(C)(C)C2=C(OC3CCCCC3)CCCC2C1(C)C. The Kier molecular flexibility index (Phi) is 3.91. The topological polar surface area (TPSA) is 9.23 Å². The molecular weight excluding hydrogens is 256 g/mol. The largest absolute Gasteiger partial charge is 0.495 e. The van der Waals surface area contributed by atoms with E-state index in [-0.39, 0.29) is 0 Å². The number of ether oxygens (including phenoxy) is 1. The van der Waals surface area contributed by atoms with Gasteiger partial charge in [0.1, 0.15) is 0 Å². The highest BCUT2D eigenvalue weighted by Gasteiger charge is 2.56. The van der Waals surface area contributed by atoms with E-state index in [2.05, 4.69) is 34.6 Å². The highest BCUT2D eigenvalue weighted by molar-refractivity contribution is 5.32. The van der Waals surface area contributed by atoms with Crippen molar-refractivity contribution >= 4 is 0 Å². The molecule has 2 unspecified atom stereocenters. The molecule has 0 heterocycles. The van der Waals surface area contributed by atoms with E-state index < -0.39 is 0 Å². The lowest BCUT2D eigenvalue weighted by atomic mass is 9.71. The predicted molar refractivity (Wildman–Crippen MR) is 89.1 cm³/mol. The number of fused-ring (bicyclic) bond motifs is 1. The average Bonchev–Trinajstić information content (AvgIpc) is 2.60. The quantitative estimate of drug-likeness (QED) is 0.597. The molecule has 0 N–H and O–H groups in total. The molecule has 0 radical (unpaired) electrons. The van der Waals surface area contributed by atoms with Gasteiger partial charge in [-0.3, -0.25) is 0 Å². The average molecular weight is 290 g/mol. The van der Waals surface area contributed by atoms with E-state index in [1.165, 1.54) is 57.1 Å². The van der Waals surface area contributed by atoms with Gasteiger partial charge >= 0.3 is 0 Å². The molecule has 0 spiro atoms. The van der Waals surface area contributed by atoms with Crippen LogP contribution in [0.1, 0.15) is 86.0 Å². The molecule has 0 amide bonds. The van der Waals surface area contributed by atoms with Gasteiger partial charge in [0.25, 0.3) is 0 Å². The highest BCUT2D eigenvalue weighted by Crippen LogP contribution is 2.64. The summed E-state index contributed by atoms with van der Waals surface area (Å²) in [5, 5.41) is 0. The first-order valence-corrected chi connectivity index (χ1v) is 9.25. The molecule has 0 aliphatic heterocycles. The van der Waals surface area contributed by atoms with Crippen LogP contribution in [0.15, 0.2) is 11.3 Å². The summed E-state index contributed by atoms with van der Waals surface area (Å²) in [5.74, 6) is 2.88. The van der Waals surface area contributed by atoms with Gasteiger partial charge in [-0.1, -0.05) is 41.0 Å². The maximum Gasteiger partial charge on any atom is 0.0982 e. The molecule has 1 heteroatoms. The van der Waals surface area contributed by atoms with Crippen molar-refractivity contribution in [3.05, 3.63) is 11.3 Å². The Morgan fingerprint density at radius 2 is 1.57 bits per heavy atom. The van der Waals surface area contributed by atoms with Crippen molar-refractivity contribution in [1.29, 1.82) is 0 Å². The Labute approximate surface area is 131 Å². The summed E-state index contributed by atoms with van der Waals surface area (Å²) >= 11 is 0. The zero-order chi connectivity index (χ0) is 15.3. The van der Waals surface area contributed by atoms with Crippen molar-refractivity contribution in [3.63, 3.8) is 0 Å². The minimum Gasteiger partial charge on any atom is -0.495 e. The summed E-state index contributed by atoms with van der Waals surface area (Å²) in [6, 6.07) is 0. The first-order valence-electron chi connectivity index (χ1n) is 9.25. The van der Waals surface area contributed by atoms with E-state index in [0.717, 1.165) is 11.8 Å². The summed E-state index contributed by atoms with van der Waals surface area (Å²) in [6.07, 6.45) is 11.1. The molecule has 0 bridgehead atoms. The van der Waals surface area contributed by atoms with E-state index in [9.17, 15) is 0 Å². The summed E-state index contributed by atoms with van der Waals surface area (Å²) < 4.78 is 6.60. The molecule has 2 saturated carbocycles. The molecule has 2 atom stereocenters. The van der Waals surface area contributed by atoms with Crippen LogP contribution in [-0.4, -0.2) is 6.10 Å². The van der Waals surface area contributed by atoms with Crippen molar-refractivity contribution in [1.82, 2.24) is 0 Å². The minimum atomic E-state index is 0.304. The van der Waals surface area contributed by atoms with Crippen LogP contribution >= 0.6 is 0 Å². The molecule has 120 valence electrons. The van der Waals surface area contributed by atoms with Crippen molar-refractivity contribution in [2.24, 2.45) is 22.7 Å². The lowest BCUT2D eigenvalue weighted by Gasteiger charge is -2.35. The number of hydrogen-bond acceptors (Lipinski definition) is 1. The van der Waals surface area contributed by atoms with Gasteiger partial charge in [-0.15, -0.1) is 0 Å². The summed E-state index contributed by atoms with van der Waals surface area (Å²) in [5.41, 5.74) is 2.41. The third-order valence-corrected chi connectivity index (χ3v) is 7.20. The third kappa shape index (κ3) is 2.45. The van der Waals surface area contributed by atoms with Crippen molar-refractivity contribution in [2.75, 3.05) is 0 Å². The number of hydrogen-bond donors (Lipinski definition) is 0. The second-order valence-electron chi connectivity index (χ2n) is 8.92. The summed E-state index contributed by atoms with van der Waals surface area (Å²) in [4.78, 5) is 0. The first kappa shape index (κ1) is 15.4. The molecule has 0 aromatic rings. The van der Waals surface area contributed by atoms with Crippen LogP contribution in [0.2, 0.25) is 0 Å². The lowest BCUT2D eigenvalue weighted by Crippen LogP contribution is -2.27. The molecule has 3 aliphatic carbocycles. The Morgan fingerprint density at radius 1 is 0.905 bits per heavy atom. The van der Waals surface area contributed by atoms with Gasteiger partial charge in [0, 0.05) is 6.42 Å². The van der Waals surface area contributed by atoms with Crippen LogP contribution in [0.4, 0.5) is 0 Å². The van der Waals surface area contributed by atoms with Crippen LogP contribution in [0.5, 0.6) is 0 Å². The molecule has 21 heavy (non-hydrogen) atoms. The van der Waals surface area contributed by atoms with Crippen LogP contribution in [0, 0.1) is 22.7 Å². The van der Waals surface area contributed by atoms with E-state index in [0.29, 0.717) is 16.9 Å². The van der Waals surface area contributed by atoms with Crippen LogP contribution < -0.4 is 0 Å². The molecule has 0 aromatic carbocycles. The Hall–Kier alpha value is -0.460. The molecule has 3 rings (SSSR count). The first-order chi connectivity index (χ1) is 9.85. The molecule has 0 saturated heterocycles. The summed E-state index contributed by atoms with van der Waals surface area (Å²) in [6.45, 7) is 12.4. The van der Waals surface area contributed by atoms with Gasteiger partial charge in [-0.2, -0.15) is 0 Å². The lowest BCUT2D eigenvalue weighted by molar-refractivity contribution is 0.0651. The fourth-order valence-electron chi connectivity index (χ4n) is 5.46. The van der Waals surface area contributed by atoms with Gasteiger partial charge in [0.05, 0.1) is 11.9 Å². The minimum absolute atomic E-state index is 0.304. The van der Waals surface area contributed by atoms with E-state index in [1.807, 2.05) is 0 Å². The molecule has 3 aliphatic rings. The van der Waals surface area contributed by atoms with Gasteiger partial charge in [-0.05, 0) is 66.8 Å². The number of allylic oxidation sites excluding steroid dienone is 2.